The van der Waals surface area contributed by atoms with Crippen molar-refractivity contribution in [2.75, 3.05) is 12.3 Å². The van der Waals surface area contributed by atoms with Crippen LogP contribution in [0, 0.1) is 6.92 Å². The van der Waals surface area contributed by atoms with Gasteiger partial charge in [0.2, 0.25) is 0 Å². The number of aryl methyl sites for hydroxylation is 1. The van der Waals surface area contributed by atoms with E-state index < -0.39 is 0 Å². The molecule has 0 aliphatic carbocycles. The third-order valence-electron chi connectivity index (χ3n) is 2.77. The summed E-state index contributed by atoms with van der Waals surface area (Å²) in [6, 6.07) is 6.22. The third kappa shape index (κ3) is 1.90. The van der Waals surface area contributed by atoms with E-state index in [1.54, 1.807) is 0 Å². The van der Waals surface area contributed by atoms with Crippen LogP contribution in [0.25, 0.3) is 0 Å². The third-order valence-corrected chi connectivity index (χ3v) is 2.77. The van der Waals surface area contributed by atoms with E-state index in [4.69, 9.17) is 10.5 Å². The lowest BCUT2D eigenvalue weighted by Gasteiger charge is -2.24. The van der Waals surface area contributed by atoms with Crippen LogP contribution in [0.4, 0.5) is 5.69 Å². The molecule has 14 heavy (non-hydrogen) atoms. The molecule has 1 aromatic rings. The molecule has 76 valence electrons. The van der Waals surface area contributed by atoms with Gasteiger partial charge in [-0.3, -0.25) is 0 Å². The summed E-state index contributed by atoms with van der Waals surface area (Å²) in [5.41, 5.74) is 9.22. The zero-order valence-electron chi connectivity index (χ0n) is 8.62. The molecule has 1 aliphatic rings. The number of nitrogen functional groups attached to an aromatic ring is 1. The smallest absolute Gasteiger partial charge is 0.0844 e. The lowest BCUT2D eigenvalue weighted by molar-refractivity contribution is 0.0154. The maximum atomic E-state index is 5.97. The Hall–Kier alpha value is -1.02. The Morgan fingerprint density at radius 1 is 1.36 bits per heavy atom. The molecular weight excluding hydrogens is 174 g/mol. The van der Waals surface area contributed by atoms with Crippen molar-refractivity contribution in [2.45, 2.75) is 32.3 Å². The van der Waals surface area contributed by atoms with Gasteiger partial charge in [0.15, 0.2) is 0 Å². The van der Waals surface area contributed by atoms with Crippen LogP contribution in [-0.4, -0.2) is 6.61 Å². The first-order valence-electron chi connectivity index (χ1n) is 5.25. The van der Waals surface area contributed by atoms with Gasteiger partial charge in [-0.1, -0.05) is 12.1 Å². The van der Waals surface area contributed by atoms with E-state index in [2.05, 4.69) is 19.1 Å². The van der Waals surface area contributed by atoms with E-state index in [0.29, 0.717) is 0 Å². The fourth-order valence-corrected chi connectivity index (χ4v) is 1.97. The molecule has 0 amide bonds. The van der Waals surface area contributed by atoms with Gasteiger partial charge in [0.25, 0.3) is 0 Å². The molecule has 0 bridgehead atoms. The predicted molar refractivity (Wildman–Crippen MR) is 58.1 cm³/mol. The summed E-state index contributed by atoms with van der Waals surface area (Å²) in [6.07, 6.45) is 3.76. The molecule has 1 unspecified atom stereocenters. The van der Waals surface area contributed by atoms with Gasteiger partial charge in [0, 0.05) is 17.9 Å². The van der Waals surface area contributed by atoms with Crippen molar-refractivity contribution >= 4 is 5.69 Å². The number of anilines is 1. The number of hydrogen-bond acceptors (Lipinski definition) is 2. The number of nitrogens with two attached hydrogens (primary N) is 1. The van der Waals surface area contributed by atoms with Crippen LogP contribution in [0.1, 0.15) is 36.5 Å². The summed E-state index contributed by atoms with van der Waals surface area (Å²) in [5, 5.41) is 0. The van der Waals surface area contributed by atoms with Gasteiger partial charge in [-0.2, -0.15) is 0 Å². The van der Waals surface area contributed by atoms with Crippen molar-refractivity contribution in [1.29, 1.82) is 0 Å². The van der Waals surface area contributed by atoms with E-state index in [-0.39, 0.29) is 6.10 Å². The van der Waals surface area contributed by atoms with Crippen LogP contribution in [0.3, 0.4) is 0 Å². The summed E-state index contributed by atoms with van der Waals surface area (Å²) >= 11 is 0. The lowest BCUT2D eigenvalue weighted by Crippen LogP contribution is -2.13. The summed E-state index contributed by atoms with van der Waals surface area (Å²) in [7, 11) is 0. The molecule has 1 fully saturated rings. The summed E-state index contributed by atoms with van der Waals surface area (Å²) in [4.78, 5) is 0. The highest BCUT2D eigenvalue weighted by atomic mass is 16.5. The molecule has 2 heteroatoms. The minimum atomic E-state index is 0.226. The van der Waals surface area contributed by atoms with Crippen molar-refractivity contribution in [2.24, 2.45) is 0 Å². The van der Waals surface area contributed by atoms with Crippen LogP contribution in [0.5, 0.6) is 0 Å². The minimum Gasteiger partial charge on any atom is -0.398 e. The molecule has 0 aromatic heterocycles. The maximum absolute atomic E-state index is 5.97. The molecule has 1 aliphatic heterocycles. The molecule has 0 radical (unpaired) electrons. The molecule has 2 N–H and O–H groups in total. The van der Waals surface area contributed by atoms with Crippen molar-refractivity contribution < 1.29 is 4.74 Å². The van der Waals surface area contributed by atoms with E-state index >= 15 is 0 Å². The maximum Gasteiger partial charge on any atom is 0.0844 e. The normalized spacial score (nSPS) is 22.2. The van der Waals surface area contributed by atoms with Crippen molar-refractivity contribution in [3.8, 4) is 0 Å². The average molecular weight is 191 g/mol. The quantitative estimate of drug-likeness (QED) is 0.693. The zero-order valence-corrected chi connectivity index (χ0v) is 8.62. The average Bonchev–Trinajstić information content (AvgIpc) is 2.19. The van der Waals surface area contributed by atoms with Crippen LogP contribution in [0.15, 0.2) is 18.2 Å². The first kappa shape index (κ1) is 9.53. The van der Waals surface area contributed by atoms with Crippen molar-refractivity contribution in [1.82, 2.24) is 0 Å². The Morgan fingerprint density at radius 2 is 2.21 bits per heavy atom. The Morgan fingerprint density at radius 3 is 2.86 bits per heavy atom. The highest BCUT2D eigenvalue weighted by Crippen LogP contribution is 2.31. The molecule has 2 nitrogen and oxygen atoms in total. The second-order valence-corrected chi connectivity index (χ2v) is 3.99. The Balaban J connectivity index is 2.22. The van der Waals surface area contributed by atoms with Gasteiger partial charge in [0.1, 0.15) is 0 Å². The number of ether oxygens (including phenoxy) is 1. The second kappa shape index (κ2) is 4.01. The SMILES string of the molecule is Cc1ccc(C2CCCCO2)c(N)c1. The topological polar surface area (TPSA) is 35.2 Å². The summed E-state index contributed by atoms with van der Waals surface area (Å²) in [6.45, 7) is 2.93. The van der Waals surface area contributed by atoms with Crippen molar-refractivity contribution in [3.63, 3.8) is 0 Å². The largest absolute Gasteiger partial charge is 0.398 e. The Bertz CT molecular complexity index is 316. The first-order valence-corrected chi connectivity index (χ1v) is 5.25. The van der Waals surface area contributed by atoms with Gasteiger partial charge in [-0.05, 0) is 37.8 Å². The second-order valence-electron chi connectivity index (χ2n) is 3.99. The molecule has 1 heterocycles. The van der Waals surface area contributed by atoms with E-state index in [9.17, 15) is 0 Å². The highest BCUT2D eigenvalue weighted by molar-refractivity contribution is 5.50. The van der Waals surface area contributed by atoms with Crippen LogP contribution in [-0.2, 0) is 4.74 Å². The van der Waals surface area contributed by atoms with Crippen LogP contribution >= 0.6 is 0 Å². The zero-order chi connectivity index (χ0) is 9.97. The predicted octanol–water partition coefficient (Wildman–Crippen LogP) is 2.82. The fraction of sp³-hybridized carbons (Fsp3) is 0.500. The monoisotopic (exact) mass is 191 g/mol. The van der Waals surface area contributed by atoms with Crippen LogP contribution in [0.2, 0.25) is 0 Å². The molecule has 1 saturated heterocycles. The van der Waals surface area contributed by atoms with Gasteiger partial charge in [-0.15, -0.1) is 0 Å². The number of benzene rings is 1. The Kier molecular flexibility index (Phi) is 2.73. The van der Waals surface area contributed by atoms with E-state index in [1.807, 2.05) is 6.07 Å². The number of hydrogen-bond donors (Lipinski definition) is 1. The standard InChI is InChI=1S/C12H17NO/c1-9-5-6-10(11(13)8-9)12-4-2-3-7-14-12/h5-6,8,12H,2-4,7,13H2,1H3. The molecular formula is C12H17NO. The van der Waals surface area contributed by atoms with Gasteiger partial charge < -0.3 is 10.5 Å². The van der Waals surface area contributed by atoms with E-state index in [0.717, 1.165) is 24.3 Å². The fourth-order valence-electron chi connectivity index (χ4n) is 1.97. The van der Waals surface area contributed by atoms with Gasteiger partial charge in [0.05, 0.1) is 6.10 Å². The summed E-state index contributed by atoms with van der Waals surface area (Å²) in [5.74, 6) is 0. The molecule has 2 rings (SSSR count). The van der Waals surface area contributed by atoms with Crippen molar-refractivity contribution in [3.05, 3.63) is 29.3 Å². The molecule has 1 aromatic carbocycles. The minimum absolute atomic E-state index is 0.226. The molecule has 1 atom stereocenters. The molecule has 0 saturated carbocycles. The Labute approximate surface area is 85.1 Å². The molecule has 0 spiro atoms. The van der Waals surface area contributed by atoms with Gasteiger partial charge >= 0.3 is 0 Å². The highest BCUT2D eigenvalue weighted by Gasteiger charge is 2.17. The number of rotatable bonds is 1. The van der Waals surface area contributed by atoms with Gasteiger partial charge in [-0.25, -0.2) is 0 Å². The van der Waals surface area contributed by atoms with E-state index in [1.165, 1.54) is 18.4 Å². The lowest BCUT2D eigenvalue weighted by atomic mass is 9.99. The first-order chi connectivity index (χ1) is 6.77. The van der Waals surface area contributed by atoms with Crippen LogP contribution < -0.4 is 5.73 Å². The summed E-state index contributed by atoms with van der Waals surface area (Å²) < 4.78 is 5.70.